The molecule has 11 nitrogen and oxygen atoms in total. The lowest BCUT2D eigenvalue weighted by Crippen LogP contribution is -2.62. The number of methoxy groups -OCH3 is 1. The van der Waals surface area contributed by atoms with E-state index < -0.39 is 35.0 Å². The van der Waals surface area contributed by atoms with E-state index >= 15 is 0 Å². The summed E-state index contributed by atoms with van der Waals surface area (Å²) in [5.41, 5.74) is -0.260. The third-order valence-electron chi connectivity index (χ3n) is 8.84. The van der Waals surface area contributed by atoms with Crippen LogP contribution in [0.2, 0.25) is 0 Å². The van der Waals surface area contributed by atoms with Crippen LogP contribution < -0.4 is 20.7 Å². The smallest absolute Gasteiger partial charge is 0.251 e. The number of ketones is 1. The summed E-state index contributed by atoms with van der Waals surface area (Å²) in [5.74, 6) is 0.0895. The van der Waals surface area contributed by atoms with Gasteiger partial charge < -0.3 is 30.2 Å². The second kappa shape index (κ2) is 13.3. The fourth-order valence-electron chi connectivity index (χ4n) is 5.94. The van der Waals surface area contributed by atoms with Crippen LogP contribution in [0.4, 0.5) is 0 Å². The first-order valence-electron chi connectivity index (χ1n) is 15.2. The number of aldehydes is 1. The standard InChI is InChI=1S/C33H41N5O6/c1-21(36-31(42)24-10-13-27-25(15-24)17-35-38-27)30(41)37-33(19-39,16-23-8-11-26(43-3)12-9-23)18-34-28(14-22-6-4-5-7-22)29(40)32(2)20-44-32/h8-13,15,17,19,21-22,28,34H,4-7,14,16,18,20H2,1-3H3,(H,35,38)(H,36,42)(H,37,41). The molecule has 5 rings (SSSR count). The van der Waals surface area contributed by atoms with Crippen LogP contribution in [0.25, 0.3) is 10.9 Å². The number of hydrogen-bond donors (Lipinski definition) is 4. The predicted octanol–water partition coefficient (Wildman–Crippen LogP) is 2.88. The van der Waals surface area contributed by atoms with Crippen molar-refractivity contribution in [3.63, 3.8) is 0 Å². The minimum absolute atomic E-state index is 0.0191. The summed E-state index contributed by atoms with van der Waals surface area (Å²) in [5, 5.41) is 16.6. The average Bonchev–Trinajstić information content (AvgIpc) is 3.37. The van der Waals surface area contributed by atoms with Crippen LogP contribution in [-0.4, -0.2) is 77.6 Å². The van der Waals surface area contributed by atoms with E-state index in [1.807, 2.05) is 12.1 Å². The number of aromatic amines is 1. The number of carbonyl (C=O) groups is 4. The Balaban J connectivity index is 1.33. The van der Waals surface area contributed by atoms with Crippen LogP contribution in [0.15, 0.2) is 48.7 Å². The van der Waals surface area contributed by atoms with Crippen molar-refractivity contribution in [3.05, 3.63) is 59.8 Å². The topological polar surface area (TPSA) is 155 Å². The second-order valence-electron chi connectivity index (χ2n) is 12.4. The molecule has 0 radical (unpaired) electrons. The first-order chi connectivity index (χ1) is 21.1. The molecular formula is C33H41N5O6. The maximum absolute atomic E-state index is 13.5. The molecule has 2 aromatic carbocycles. The quantitative estimate of drug-likeness (QED) is 0.153. The first kappa shape index (κ1) is 31.3. The Hall–Kier alpha value is -4.09. The summed E-state index contributed by atoms with van der Waals surface area (Å²) >= 11 is 0. The van der Waals surface area contributed by atoms with Gasteiger partial charge in [0.15, 0.2) is 5.78 Å². The van der Waals surface area contributed by atoms with Crippen molar-refractivity contribution in [2.75, 3.05) is 20.3 Å². The predicted molar refractivity (Wildman–Crippen MR) is 164 cm³/mol. The van der Waals surface area contributed by atoms with Crippen molar-refractivity contribution in [2.24, 2.45) is 5.92 Å². The molecule has 2 fully saturated rings. The summed E-state index contributed by atoms with van der Waals surface area (Å²) in [6.45, 7) is 3.75. The van der Waals surface area contributed by atoms with Gasteiger partial charge in [0.1, 0.15) is 29.2 Å². The molecule has 11 heteroatoms. The number of ether oxygens (including phenoxy) is 2. The normalized spacial score (nSPS) is 20.8. The summed E-state index contributed by atoms with van der Waals surface area (Å²) in [6.07, 6.45) is 7.56. The molecule has 4 atom stereocenters. The fourth-order valence-corrected chi connectivity index (χ4v) is 5.94. The second-order valence-corrected chi connectivity index (χ2v) is 12.4. The Kier molecular flexibility index (Phi) is 9.45. The number of nitrogens with one attached hydrogen (secondary N) is 4. The maximum atomic E-state index is 13.5. The van der Waals surface area contributed by atoms with Crippen LogP contribution in [-0.2, 0) is 25.5 Å². The number of hydrogen-bond acceptors (Lipinski definition) is 8. The molecule has 1 aliphatic heterocycles. The van der Waals surface area contributed by atoms with Crippen molar-refractivity contribution < 1.29 is 28.7 Å². The Labute approximate surface area is 256 Å². The van der Waals surface area contributed by atoms with Crippen LogP contribution in [0.5, 0.6) is 5.75 Å². The highest BCUT2D eigenvalue weighted by Gasteiger charge is 2.50. The minimum Gasteiger partial charge on any atom is -0.497 e. The SMILES string of the molecule is COc1ccc(CC(C=O)(CNC(CC2CCCC2)C(=O)C2(C)CO2)NC(=O)C(C)NC(=O)c2ccc3[nH]ncc3c2)cc1. The van der Waals surface area contributed by atoms with Crippen LogP contribution in [0, 0.1) is 5.92 Å². The molecule has 0 spiro atoms. The number of fused-ring (bicyclic) bond motifs is 1. The zero-order valence-electron chi connectivity index (χ0n) is 25.5. The minimum atomic E-state index is -1.40. The lowest BCUT2D eigenvalue weighted by molar-refractivity contribution is -0.128. The molecule has 4 N–H and O–H groups in total. The molecule has 1 saturated carbocycles. The summed E-state index contributed by atoms with van der Waals surface area (Å²) in [6, 6.07) is 10.9. The van der Waals surface area contributed by atoms with Gasteiger partial charge in [-0.25, -0.2) is 0 Å². The van der Waals surface area contributed by atoms with E-state index in [1.165, 1.54) is 0 Å². The lowest BCUT2D eigenvalue weighted by Gasteiger charge is -2.33. The highest BCUT2D eigenvalue weighted by atomic mass is 16.6. The molecular weight excluding hydrogens is 562 g/mol. The van der Waals surface area contributed by atoms with Crippen LogP contribution >= 0.6 is 0 Å². The molecule has 1 aliphatic carbocycles. The van der Waals surface area contributed by atoms with Gasteiger partial charge in [-0.3, -0.25) is 19.5 Å². The van der Waals surface area contributed by atoms with E-state index in [0.717, 1.165) is 48.4 Å². The number of nitrogens with zero attached hydrogens (tertiary/aromatic N) is 1. The number of benzene rings is 2. The maximum Gasteiger partial charge on any atom is 0.251 e. The molecule has 4 unspecified atom stereocenters. The van der Waals surface area contributed by atoms with Gasteiger partial charge in [0.05, 0.1) is 31.5 Å². The number of Topliss-reactive ketones (excluding diaryl/α,β-unsaturated/α-hetero) is 1. The van der Waals surface area contributed by atoms with Gasteiger partial charge >= 0.3 is 0 Å². The highest BCUT2D eigenvalue weighted by molar-refractivity contribution is 6.00. The Bertz CT molecular complexity index is 1490. The van der Waals surface area contributed by atoms with Crippen molar-refractivity contribution in [1.82, 2.24) is 26.1 Å². The van der Waals surface area contributed by atoms with Crippen molar-refractivity contribution in [1.29, 1.82) is 0 Å². The van der Waals surface area contributed by atoms with E-state index in [9.17, 15) is 19.2 Å². The number of epoxide rings is 1. The van der Waals surface area contributed by atoms with Gasteiger partial charge in [-0.2, -0.15) is 5.10 Å². The number of aromatic nitrogens is 2. The molecule has 1 saturated heterocycles. The van der Waals surface area contributed by atoms with Gasteiger partial charge in [-0.1, -0.05) is 37.8 Å². The Morgan fingerprint density at radius 2 is 1.91 bits per heavy atom. The first-order valence-corrected chi connectivity index (χ1v) is 15.2. The largest absolute Gasteiger partial charge is 0.497 e. The molecule has 0 bridgehead atoms. The van der Waals surface area contributed by atoms with E-state index in [1.54, 1.807) is 57.5 Å². The van der Waals surface area contributed by atoms with Gasteiger partial charge in [0.25, 0.3) is 5.91 Å². The van der Waals surface area contributed by atoms with Gasteiger partial charge in [0, 0.05) is 23.9 Å². The van der Waals surface area contributed by atoms with E-state index in [0.29, 0.717) is 30.3 Å². The van der Waals surface area contributed by atoms with Crippen molar-refractivity contribution in [3.8, 4) is 5.75 Å². The number of rotatable bonds is 15. The van der Waals surface area contributed by atoms with Gasteiger partial charge in [-0.05, 0) is 62.1 Å². The highest BCUT2D eigenvalue weighted by Crippen LogP contribution is 2.33. The third kappa shape index (κ3) is 7.34. The zero-order chi connectivity index (χ0) is 31.3. The number of amides is 2. The van der Waals surface area contributed by atoms with Gasteiger partial charge in [0.2, 0.25) is 5.91 Å². The summed E-state index contributed by atoms with van der Waals surface area (Å²) < 4.78 is 10.8. The Morgan fingerprint density at radius 3 is 2.57 bits per heavy atom. The molecule has 234 valence electrons. The van der Waals surface area contributed by atoms with E-state index in [-0.39, 0.29) is 18.7 Å². The molecule has 2 aliphatic rings. The van der Waals surface area contributed by atoms with Crippen LogP contribution in [0.3, 0.4) is 0 Å². The summed E-state index contributed by atoms with van der Waals surface area (Å²) in [7, 11) is 1.57. The van der Waals surface area contributed by atoms with E-state index in [2.05, 4.69) is 26.1 Å². The Morgan fingerprint density at radius 1 is 1.18 bits per heavy atom. The number of carbonyl (C=O) groups excluding carboxylic acids is 4. The molecule has 2 heterocycles. The van der Waals surface area contributed by atoms with Crippen molar-refractivity contribution in [2.45, 2.75) is 75.6 Å². The molecule has 3 aromatic rings. The van der Waals surface area contributed by atoms with Crippen molar-refractivity contribution >= 4 is 34.8 Å². The van der Waals surface area contributed by atoms with E-state index in [4.69, 9.17) is 9.47 Å². The lowest BCUT2D eigenvalue weighted by atomic mass is 9.88. The third-order valence-corrected chi connectivity index (χ3v) is 8.84. The molecule has 44 heavy (non-hydrogen) atoms. The van der Waals surface area contributed by atoms with Crippen LogP contribution in [0.1, 0.15) is 61.9 Å². The van der Waals surface area contributed by atoms with Gasteiger partial charge in [-0.15, -0.1) is 0 Å². The fraction of sp³-hybridized carbons (Fsp3) is 0.485. The molecule has 2 amide bonds. The zero-order valence-corrected chi connectivity index (χ0v) is 25.5. The summed E-state index contributed by atoms with van der Waals surface area (Å²) in [4.78, 5) is 52.9. The number of H-pyrrole nitrogens is 1. The monoisotopic (exact) mass is 603 g/mol. The molecule has 1 aromatic heterocycles. The average molecular weight is 604 g/mol.